The molecule has 0 bridgehead atoms. The van der Waals surface area contributed by atoms with Crippen LogP contribution in [0.3, 0.4) is 0 Å². The van der Waals surface area contributed by atoms with E-state index in [1.165, 1.54) is 31.4 Å². The van der Waals surface area contributed by atoms with Crippen LogP contribution in [-0.2, 0) is 0 Å². The largest absolute Gasteiger partial charge is 0.337 e. The highest BCUT2D eigenvalue weighted by molar-refractivity contribution is 7.99. The van der Waals surface area contributed by atoms with E-state index < -0.39 is 0 Å². The molecule has 6 heteroatoms. The Morgan fingerprint density at radius 1 is 1.48 bits per heavy atom. The lowest BCUT2D eigenvalue weighted by Gasteiger charge is -2.16. The second-order valence-corrected chi connectivity index (χ2v) is 8.10. The average Bonchev–Trinajstić information content (AvgIpc) is 3.36. The maximum atomic E-state index is 12.0. The van der Waals surface area contributed by atoms with Gasteiger partial charge >= 0.3 is 6.03 Å². The fraction of sp³-hybridized carbons (Fsp3) is 0.733. The van der Waals surface area contributed by atoms with Gasteiger partial charge in [-0.15, -0.1) is 11.3 Å². The van der Waals surface area contributed by atoms with E-state index >= 15 is 0 Å². The molecule has 0 unspecified atom stereocenters. The van der Waals surface area contributed by atoms with Crippen molar-refractivity contribution >= 4 is 29.1 Å². The van der Waals surface area contributed by atoms with E-state index in [-0.39, 0.29) is 12.1 Å². The Bertz CT molecular complexity index is 483. The molecule has 3 rings (SSSR count). The molecule has 2 N–H and O–H groups in total. The Balaban J connectivity index is 1.39. The van der Waals surface area contributed by atoms with Gasteiger partial charge in [0.2, 0.25) is 0 Å². The number of carbonyl (C=O) groups is 1. The summed E-state index contributed by atoms with van der Waals surface area (Å²) in [6.07, 6.45) is 5.19. The van der Waals surface area contributed by atoms with Crippen LogP contribution in [0.5, 0.6) is 0 Å². The number of hydrogen-bond acceptors (Lipinski definition) is 4. The normalized spacial score (nSPS) is 19.3. The fourth-order valence-electron chi connectivity index (χ4n) is 2.29. The van der Waals surface area contributed by atoms with Crippen molar-refractivity contribution in [2.24, 2.45) is 11.8 Å². The summed E-state index contributed by atoms with van der Waals surface area (Å²) in [5.74, 6) is 3.79. The predicted octanol–water partition coefficient (Wildman–Crippen LogP) is 3.35. The molecule has 0 radical (unpaired) electrons. The molecule has 0 spiro atoms. The Hall–Kier alpha value is -0.750. The quantitative estimate of drug-likeness (QED) is 0.721. The third-order valence-corrected chi connectivity index (χ3v) is 6.11. The Morgan fingerprint density at radius 2 is 2.29 bits per heavy atom. The zero-order chi connectivity index (χ0) is 14.7. The standard InChI is InChI=1S/C15H23N3OS2/c1-10-8-21-14(17-10)13(12-4-5-12)18-15(19)16-6-7-20-9-11-2-3-11/h8,11-13H,2-7,9H2,1H3,(H2,16,18,19)/t13-/m1/s1. The molecule has 2 saturated carbocycles. The lowest BCUT2D eigenvalue weighted by molar-refractivity contribution is 0.236. The number of carbonyl (C=O) groups excluding carboxylic acids is 1. The van der Waals surface area contributed by atoms with Crippen molar-refractivity contribution in [3.8, 4) is 0 Å². The van der Waals surface area contributed by atoms with E-state index in [0.29, 0.717) is 5.92 Å². The van der Waals surface area contributed by atoms with Gasteiger partial charge < -0.3 is 10.6 Å². The van der Waals surface area contributed by atoms with Crippen molar-refractivity contribution in [3.63, 3.8) is 0 Å². The van der Waals surface area contributed by atoms with Gasteiger partial charge in [-0.1, -0.05) is 0 Å². The molecule has 0 saturated heterocycles. The number of hydrogen-bond donors (Lipinski definition) is 2. The number of urea groups is 1. The summed E-state index contributed by atoms with van der Waals surface area (Å²) in [4.78, 5) is 16.6. The van der Waals surface area contributed by atoms with E-state index in [2.05, 4.69) is 21.0 Å². The number of thiazole rings is 1. The van der Waals surface area contributed by atoms with Gasteiger partial charge in [0.1, 0.15) is 5.01 Å². The Kier molecular flexibility index (Phi) is 5.06. The molecule has 0 aliphatic heterocycles. The molecule has 21 heavy (non-hydrogen) atoms. The number of amides is 2. The maximum absolute atomic E-state index is 12.0. The molecular weight excluding hydrogens is 302 g/mol. The van der Waals surface area contributed by atoms with E-state index in [9.17, 15) is 4.79 Å². The molecule has 4 nitrogen and oxygen atoms in total. The van der Waals surface area contributed by atoms with Crippen LogP contribution >= 0.6 is 23.1 Å². The zero-order valence-corrected chi connectivity index (χ0v) is 14.1. The van der Waals surface area contributed by atoms with E-state index in [1.807, 2.05) is 18.7 Å². The van der Waals surface area contributed by atoms with Gasteiger partial charge in [-0.3, -0.25) is 0 Å². The molecule has 1 atom stereocenters. The summed E-state index contributed by atoms with van der Waals surface area (Å²) in [5, 5.41) is 9.19. The van der Waals surface area contributed by atoms with Crippen LogP contribution in [0, 0.1) is 18.8 Å². The van der Waals surface area contributed by atoms with Crippen molar-refractivity contribution in [2.45, 2.75) is 38.6 Å². The molecule has 0 aromatic carbocycles. The predicted molar refractivity (Wildman–Crippen MR) is 88.9 cm³/mol. The minimum absolute atomic E-state index is 0.0493. The molecule has 2 amide bonds. The van der Waals surface area contributed by atoms with Crippen LogP contribution in [0.2, 0.25) is 0 Å². The highest BCUT2D eigenvalue weighted by atomic mass is 32.2. The third-order valence-electron chi connectivity index (χ3n) is 3.87. The molecule has 116 valence electrons. The van der Waals surface area contributed by atoms with Gasteiger partial charge in [0.05, 0.1) is 6.04 Å². The maximum Gasteiger partial charge on any atom is 0.315 e. The summed E-state index contributed by atoms with van der Waals surface area (Å²) >= 11 is 3.60. The van der Waals surface area contributed by atoms with Crippen LogP contribution in [0.1, 0.15) is 42.4 Å². The summed E-state index contributed by atoms with van der Waals surface area (Å²) < 4.78 is 0. The van der Waals surface area contributed by atoms with Crippen LogP contribution in [0.25, 0.3) is 0 Å². The SMILES string of the molecule is Cc1csc([C@H](NC(=O)NCCSCC2CC2)C2CC2)n1. The molecule has 1 heterocycles. The topological polar surface area (TPSA) is 54.0 Å². The number of thioether (sulfide) groups is 1. The van der Waals surface area contributed by atoms with Gasteiger partial charge in [0.15, 0.2) is 0 Å². The van der Waals surface area contributed by atoms with Crippen molar-refractivity contribution in [2.75, 3.05) is 18.1 Å². The average molecular weight is 326 g/mol. The molecule has 1 aromatic heterocycles. The molecule has 1 aromatic rings. The van der Waals surface area contributed by atoms with Gasteiger partial charge in [-0.2, -0.15) is 11.8 Å². The number of aromatic nitrogens is 1. The number of rotatable bonds is 8. The van der Waals surface area contributed by atoms with Gasteiger partial charge in [0, 0.05) is 23.4 Å². The van der Waals surface area contributed by atoms with Crippen molar-refractivity contribution in [1.29, 1.82) is 0 Å². The van der Waals surface area contributed by atoms with E-state index in [4.69, 9.17) is 0 Å². The second kappa shape index (κ2) is 7.01. The molecule has 2 aliphatic carbocycles. The smallest absolute Gasteiger partial charge is 0.315 e. The van der Waals surface area contributed by atoms with Crippen LogP contribution < -0.4 is 10.6 Å². The van der Waals surface area contributed by atoms with Gasteiger partial charge in [-0.05, 0) is 50.2 Å². The lowest BCUT2D eigenvalue weighted by Crippen LogP contribution is -2.39. The summed E-state index contributed by atoms with van der Waals surface area (Å²) in [6.45, 7) is 2.75. The second-order valence-electron chi connectivity index (χ2n) is 6.06. The first-order valence-electron chi connectivity index (χ1n) is 7.76. The molecular formula is C15H23N3OS2. The zero-order valence-electron chi connectivity index (χ0n) is 12.4. The van der Waals surface area contributed by atoms with Crippen molar-refractivity contribution < 1.29 is 4.79 Å². The Labute approximate surface area is 134 Å². The summed E-state index contributed by atoms with van der Waals surface area (Å²) in [7, 11) is 0. The number of aryl methyl sites for hydroxylation is 1. The first-order valence-corrected chi connectivity index (χ1v) is 9.80. The highest BCUT2D eigenvalue weighted by Crippen LogP contribution is 2.41. The lowest BCUT2D eigenvalue weighted by atomic mass is 10.2. The number of nitrogens with zero attached hydrogens (tertiary/aromatic N) is 1. The third kappa shape index (κ3) is 4.88. The summed E-state index contributed by atoms with van der Waals surface area (Å²) in [5.41, 5.74) is 1.04. The van der Waals surface area contributed by atoms with E-state index in [1.54, 1.807) is 11.3 Å². The Morgan fingerprint density at radius 3 is 2.90 bits per heavy atom. The first-order chi connectivity index (χ1) is 10.2. The minimum Gasteiger partial charge on any atom is -0.337 e. The van der Waals surface area contributed by atoms with Crippen molar-refractivity contribution in [1.82, 2.24) is 15.6 Å². The van der Waals surface area contributed by atoms with E-state index in [0.717, 1.165) is 28.9 Å². The van der Waals surface area contributed by atoms with Crippen molar-refractivity contribution in [3.05, 3.63) is 16.1 Å². The van der Waals surface area contributed by atoms with Gasteiger partial charge in [0.25, 0.3) is 0 Å². The summed E-state index contributed by atoms with van der Waals surface area (Å²) in [6, 6.07) is 0.0505. The first kappa shape index (κ1) is 15.2. The van der Waals surface area contributed by atoms with Gasteiger partial charge in [-0.25, -0.2) is 9.78 Å². The van der Waals surface area contributed by atoms with Crippen LogP contribution in [-0.4, -0.2) is 29.1 Å². The monoisotopic (exact) mass is 325 g/mol. The molecule has 2 aliphatic rings. The van der Waals surface area contributed by atoms with Crippen LogP contribution in [0.15, 0.2) is 5.38 Å². The van der Waals surface area contributed by atoms with Crippen LogP contribution in [0.4, 0.5) is 4.79 Å². The number of nitrogens with one attached hydrogen (secondary N) is 2. The highest BCUT2D eigenvalue weighted by Gasteiger charge is 2.35. The fourth-order valence-corrected chi connectivity index (χ4v) is 4.31. The molecule has 2 fully saturated rings. The minimum atomic E-state index is -0.0493.